The number of ether oxygens (including phenoxy) is 3. The normalized spacial score (nSPS) is 37.9. The first-order valence-electron chi connectivity index (χ1n) is 14.3. The van der Waals surface area contributed by atoms with Gasteiger partial charge >= 0.3 is 5.97 Å². The number of allylic oxidation sites excluding steroid dienone is 2. The summed E-state index contributed by atoms with van der Waals surface area (Å²) in [6, 6.07) is -0.212. The Labute approximate surface area is 241 Å². The molecular formula is C28H43BN4O8. The molecule has 0 spiro atoms. The van der Waals surface area contributed by atoms with Gasteiger partial charge in [-0.15, -0.1) is 0 Å². The average molecular weight is 574 g/mol. The van der Waals surface area contributed by atoms with Gasteiger partial charge < -0.3 is 34.8 Å². The van der Waals surface area contributed by atoms with Crippen molar-refractivity contribution in [2.24, 2.45) is 11.0 Å². The Kier molecular flexibility index (Phi) is 11.2. The van der Waals surface area contributed by atoms with Crippen LogP contribution < -0.4 is 5.32 Å². The SMILES string of the molecule is CCC(=O)OC(/C=C\C(=O)NC1CC(C)C(C/C=C(C)/C=C/C2OC(C)(O)C3BCC3(O)C2O)OC1C)CN=[N+]=[N-]. The second kappa shape index (κ2) is 14.0. The number of carbonyl (C=O) groups excluding carboxylic acids is 2. The van der Waals surface area contributed by atoms with Crippen LogP contribution in [0.25, 0.3) is 10.4 Å². The zero-order valence-electron chi connectivity index (χ0n) is 24.5. The Balaban J connectivity index is 1.51. The van der Waals surface area contributed by atoms with Crippen LogP contribution in [0.3, 0.4) is 0 Å². The minimum atomic E-state index is -1.50. The number of aliphatic hydroxyl groups is 3. The molecule has 226 valence electrons. The maximum Gasteiger partial charge on any atom is 0.306 e. The highest BCUT2D eigenvalue weighted by Crippen LogP contribution is 2.53. The summed E-state index contributed by atoms with van der Waals surface area (Å²) in [7, 11) is 0.602. The molecule has 0 saturated carbocycles. The number of aliphatic hydroxyl groups excluding tert-OH is 1. The molecule has 3 fully saturated rings. The lowest BCUT2D eigenvalue weighted by atomic mass is 9.35. The van der Waals surface area contributed by atoms with Gasteiger partial charge in [-0.05, 0) is 57.5 Å². The number of nitrogens with one attached hydrogen (secondary N) is 1. The van der Waals surface area contributed by atoms with E-state index in [0.29, 0.717) is 26.4 Å². The Morgan fingerprint density at radius 3 is 2.68 bits per heavy atom. The van der Waals surface area contributed by atoms with E-state index < -0.39 is 41.5 Å². The lowest BCUT2D eigenvalue weighted by Crippen LogP contribution is -2.71. The quantitative estimate of drug-likeness (QED) is 0.0551. The first kappa shape index (κ1) is 32.8. The predicted octanol–water partition coefficient (Wildman–Crippen LogP) is 2.22. The molecule has 0 aromatic heterocycles. The monoisotopic (exact) mass is 574 g/mol. The Morgan fingerprint density at radius 1 is 1.32 bits per heavy atom. The molecule has 3 aliphatic heterocycles. The molecule has 0 aliphatic carbocycles. The van der Waals surface area contributed by atoms with Crippen molar-refractivity contribution in [3.63, 3.8) is 0 Å². The summed E-state index contributed by atoms with van der Waals surface area (Å²) < 4.78 is 17.1. The highest BCUT2D eigenvalue weighted by Gasteiger charge is 2.64. The van der Waals surface area contributed by atoms with Gasteiger partial charge in [-0.25, -0.2) is 0 Å². The van der Waals surface area contributed by atoms with E-state index in [0.717, 1.165) is 5.57 Å². The van der Waals surface area contributed by atoms with Crippen molar-refractivity contribution in [3.8, 4) is 0 Å². The van der Waals surface area contributed by atoms with E-state index in [-0.39, 0.29) is 43.0 Å². The zero-order chi connectivity index (χ0) is 30.4. The summed E-state index contributed by atoms with van der Waals surface area (Å²) in [5.74, 6) is -2.67. The van der Waals surface area contributed by atoms with E-state index in [1.54, 1.807) is 13.0 Å². The van der Waals surface area contributed by atoms with E-state index in [9.17, 15) is 24.9 Å². The van der Waals surface area contributed by atoms with Gasteiger partial charge in [0.2, 0.25) is 5.91 Å². The van der Waals surface area contributed by atoms with Crippen molar-refractivity contribution >= 4 is 19.2 Å². The first-order chi connectivity index (χ1) is 19.3. The molecule has 3 heterocycles. The number of hydrogen-bond acceptors (Lipinski definition) is 9. The van der Waals surface area contributed by atoms with E-state index >= 15 is 0 Å². The highest BCUT2D eigenvalue weighted by atomic mass is 16.6. The van der Waals surface area contributed by atoms with Gasteiger partial charge in [-0.2, -0.15) is 0 Å². The summed E-state index contributed by atoms with van der Waals surface area (Å²) in [5, 5.41) is 38.4. The van der Waals surface area contributed by atoms with Gasteiger partial charge in [0, 0.05) is 23.2 Å². The van der Waals surface area contributed by atoms with Crippen LogP contribution in [0.5, 0.6) is 0 Å². The molecule has 10 unspecified atom stereocenters. The molecule has 1 amide bonds. The molecule has 0 bridgehead atoms. The summed E-state index contributed by atoms with van der Waals surface area (Å²) in [4.78, 5) is 26.8. The van der Waals surface area contributed by atoms with Crippen molar-refractivity contribution < 1.29 is 39.1 Å². The molecule has 3 rings (SSSR count). The molecule has 12 nitrogen and oxygen atoms in total. The Morgan fingerprint density at radius 2 is 2.05 bits per heavy atom. The summed E-state index contributed by atoms with van der Waals surface area (Å²) in [5.41, 5.74) is 8.12. The van der Waals surface area contributed by atoms with E-state index in [1.807, 2.05) is 26.0 Å². The van der Waals surface area contributed by atoms with Crippen molar-refractivity contribution in [2.45, 2.75) is 114 Å². The van der Waals surface area contributed by atoms with Crippen LogP contribution in [0.1, 0.15) is 53.9 Å². The minimum Gasteiger partial charge on any atom is -0.458 e. The number of azide groups is 1. The molecule has 10 atom stereocenters. The molecule has 0 aromatic carbocycles. The van der Waals surface area contributed by atoms with Gasteiger partial charge in [0.1, 0.15) is 25.6 Å². The van der Waals surface area contributed by atoms with Crippen LogP contribution in [-0.2, 0) is 23.8 Å². The molecule has 3 saturated heterocycles. The lowest BCUT2D eigenvalue weighted by Gasteiger charge is -2.59. The second-order valence-electron chi connectivity index (χ2n) is 11.6. The molecule has 0 radical (unpaired) electrons. The second-order valence-corrected chi connectivity index (χ2v) is 11.6. The van der Waals surface area contributed by atoms with Crippen LogP contribution in [0.2, 0.25) is 12.1 Å². The minimum absolute atomic E-state index is 0.0626. The van der Waals surface area contributed by atoms with Gasteiger partial charge in [0.15, 0.2) is 5.79 Å². The fourth-order valence-electron chi connectivity index (χ4n) is 5.78. The van der Waals surface area contributed by atoms with Crippen molar-refractivity contribution in [1.82, 2.24) is 5.32 Å². The molecular weight excluding hydrogens is 531 g/mol. The van der Waals surface area contributed by atoms with Crippen LogP contribution in [0.4, 0.5) is 0 Å². The third-order valence-corrected chi connectivity index (χ3v) is 8.41. The maximum absolute atomic E-state index is 12.5. The number of fused-ring (bicyclic) bond motifs is 1. The van der Waals surface area contributed by atoms with Crippen LogP contribution in [0, 0.1) is 5.92 Å². The van der Waals surface area contributed by atoms with Gasteiger partial charge in [0.05, 0.1) is 30.4 Å². The predicted molar refractivity (Wildman–Crippen MR) is 153 cm³/mol. The summed E-state index contributed by atoms with van der Waals surface area (Å²) in [6.07, 6.45) is 7.07. The third-order valence-electron chi connectivity index (χ3n) is 8.41. The van der Waals surface area contributed by atoms with Crippen LogP contribution in [0.15, 0.2) is 41.1 Å². The highest BCUT2D eigenvalue weighted by molar-refractivity contribution is 6.44. The Hall–Kier alpha value is -2.67. The molecule has 0 aromatic rings. The van der Waals surface area contributed by atoms with E-state index in [1.165, 1.54) is 19.1 Å². The van der Waals surface area contributed by atoms with Crippen LogP contribution >= 0.6 is 0 Å². The van der Waals surface area contributed by atoms with Gasteiger partial charge in [-0.1, -0.05) is 42.8 Å². The standard InChI is InChI=1S/C28H43BN4O8/c1-6-24(35)40-19(14-31-33-30)9-12-23(34)32-20-13-17(3)21(39-18(20)4)10-7-16(2)8-11-22-25(36)28(38)15-29-26(28)27(5,37)41-22/h7-9,11-12,17-22,25-26,29,36-38H,6,10,13-15H2,1-5H3,(H,32,34)/b11-8+,12-9-,16-7+. The summed E-state index contributed by atoms with van der Waals surface area (Å²) in [6.45, 7) is 8.96. The fourth-order valence-corrected chi connectivity index (χ4v) is 5.78. The maximum atomic E-state index is 12.5. The number of hydrogen-bond donors (Lipinski definition) is 4. The van der Waals surface area contributed by atoms with Gasteiger partial charge in [0.25, 0.3) is 0 Å². The topological polar surface area (TPSA) is 183 Å². The number of amides is 1. The number of nitrogens with zero attached hydrogens (tertiary/aromatic N) is 3. The lowest BCUT2D eigenvalue weighted by molar-refractivity contribution is -0.310. The van der Waals surface area contributed by atoms with Crippen LogP contribution in [-0.4, -0.2) is 89.0 Å². The molecule has 3 aliphatic rings. The van der Waals surface area contributed by atoms with Gasteiger partial charge in [-0.3, -0.25) is 9.59 Å². The fraction of sp³-hybridized carbons (Fsp3) is 0.714. The number of rotatable bonds is 11. The largest absolute Gasteiger partial charge is 0.458 e. The molecule has 13 heteroatoms. The molecule has 41 heavy (non-hydrogen) atoms. The van der Waals surface area contributed by atoms with Crippen molar-refractivity contribution in [2.75, 3.05) is 6.54 Å². The van der Waals surface area contributed by atoms with E-state index in [4.69, 9.17) is 19.7 Å². The summed E-state index contributed by atoms with van der Waals surface area (Å²) >= 11 is 0. The molecule has 4 N–H and O–H groups in total. The third kappa shape index (κ3) is 8.21. The number of esters is 1. The zero-order valence-corrected chi connectivity index (χ0v) is 24.5. The first-order valence-corrected chi connectivity index (χ1v) is 14.3. The van der Waals surface area contributed by atoms with E-state index in [2.05, 4.69) is 22.3 Å². The van der Waals surface area contributed by atoms with Crippen molar-refractivity contribution in [3.05, 3.63) is 46.4 Å². The smallest absolute Gasteiger partial charge is 0.306 e. The Bertz CT molecular complexity index is 1090. The average Bonchev–Trinajstić information content (AvgIpc) is 2.90. The van der Waals surface area contributed by atoms with Crippen molar-refractivity contribution in [1.29, 1.82) is 0 Å². The number of carbonyl (C=O) groups is 2.